The molecule has 0 spiro atoms. The first-order chi connectivity index (χ1) is 29.5. The number of anilines is 6. The van der Waals surface area contributed by atoms with E-state index in [4.69, 9.17) is 0 Å². The number of hydrogen-bond donors (Lipinski definition) is 0. The van der Waals surface area contributed by atoms with Crippen molar-refractivity contribution in [2.45, 2.75) is 75.5 Å². The zero-order valence-electron chi connectivity index (χ0n) is 35.0. The summed E-state index contributed by atoms with van der Waals surface area (Å²) in [5, 5.41) is 0. The van der Waals surface area contributed by atoms with Gasteiger partial charge >= 0.3 is 0 Å². The molecule has 0 radical (unpaired) electrons. The maximum atomic E-state index is 2.49. The predicted molar refractivity (Wildman–Crippen MR) is 252 cm³/mol. The molecule has 296 valence electrons. The zero-order chi connectivity index (χ0) is 40.3. The monoisotopic (exact) mass is 778 g/mol. The lowest BCUT2D eigenvalue weighted by atomic mass is 9.69. The molecule has 7 aromatic rings. The summed E-state index contributed by atoms with van der Waals surface area (Å²) < 4.78 is 0. The fourth-order valence-corrected chi connectivity index (χ4v) is 11.7. The summed E-state index contributed by atoms with van der Waals surface area (Å²) in [6.07, 6.45) is 13.9. The van der Waals surface area contributed by atoms with E-state index in [9.17, 15) is 0 Å². The molecule has 60 heavy (non-hydrogen) atoms. The van der Waals surface area contributed by atoms with Gasteiger partial charge in [0.2, 0.25) is 0 Å². The Kier molecular flexibility index (Phi) is 9.14. The highest BCUT2D eigenvalue weighted by atomic mass is 15.1. The normalized spacial score (nSPS) is 22.0. The van der Waals surface area contributed by atoms with Crippen molar-refractivity contribution in [2.24, 2.45) is 11.8 Å². The van der Waals surface area contributed by atoms with Crippen LogP contribution < -0.4 is 9.80 Å². The van der Waals surface area contributed by atoms with Gasteiger partial charge in [-0.25, -0.2) is 0 Å². The van der Waals surface area contributed by atoms with Crippen LogP contribution in [0.15, 0.2) is 188 Å². The third-order valence-corrected chi connectivity index (χ3v) is 14.8. The smallest absolute Gasteiger partial charge is 0.0465 e. The van der Waals surface area contributed by atoms with E-state index in [-0.39, 0.29) is 10.8 Å². The largest absolute Gasteiger partial charge is 0.311 e. The van der Waals surface area contributed by atoms with Crippen LogP contribution in [0.1, 0.15) is 92.5 Å². The Balaban J connectivity index is 0.927. The summed E-state index contributed by atoms with van der Waals surface area (Å²) in [5.41, 5.74) is 16.5. The van der Waals surface area contributed by atoms with Crippen molar-refractivity contribution in [1.82, 2.24) is 0 Å². The fourth-order valence-electron chi connectivity index (χ4n) is 11.7. The lowest BCUT2D eigenvalue weighted by Crippen LogP contribution is -2.27. The number of allylic oxidation sites excluding steroid dienone is 2. The third kappa shape index (κ3) is 6.23. The Morgan fingerprint density at radius 1 is 0.483 bits per heavy atom. The molecule has 4 unspecified atom stereocenters. The Bertz CT molecular complexity index is 2660. The molecule has 7 aromatic carbocycles. The van der Waals surface area contributed by atoms with Crippen molar-refractivity contribution in [1.29, 1.82) is 0 Å². The van der Waals surface area contributed by atoms with Crippen LogP contribution in [0.5, 0.6) is 0 Å². The highest BCUT2D eigenvalue weighted by molar-refractivity contribution is 5.85. The maximum Gasteiger partial charge on any atom is 0.0465 e. The molecular formula is C58H54N2. The highest BCUT2D eigenvalue weighted by Crippen LogP contribution is 2.54. The molecule has 0 heterocycles. The zero-order valence-corrected chi connectivity index (χ0v) is 35.0. The summed E-state index contributed by atoms with van der Waals surface area (Å²) in [7, 11) is 0. The minimum atomic E-state index is -0.198. The number of para-hydroxylation sites is 2. The average molecular weight is 779 g/mol. The van der Waals surface area contributed by atoms with E-state index in [0.29, 0.717) is 0 Å². The second kappa shape index (κ2) is 14.9. The molecule has 0 aromatic heterocycles. The molecule has 0 N–H and O–H groups in total. The van der Waals surface area contributed by atoms with Gasteiger partial charge in [-0.05, 0) is 168 Å². The van der Waals surface area contributed by atoms with E-state index in [0.717, 1.165) is 48.4 Å². The SMILES string of the molecule is CC1(C)c2ccccc2-c2ccc(N(c3ccccc3)c3ccc(C4(c5ccc(N(c6ccccc6)c6ccc(C7CC8CCC7C8)cc6)cc5)C=CCCC4)cc3)cc21. The summed E-state index contributed by atoms with van der Waals surface area (Å²) in [4.78, 5) is 4.84. The van der Waals surface area contributed by atoms with Gasteiger partial charge in [-0.15, -0.1) is 0 Å². The molecule has 4 aliphatic rings. The molecular weight excluding hydrogens is 725 g/mol. The Hall–Kier alpha value is -6.12. The van der Waals surface area contributed by atoms with Crippen molar-refractivity contribution in [3.8, 4) is 11.1 Å². The van der Waals surface area contributed by atoms with Crippen LogP contribution in [-0.4, -0.2) is 0 Å². The van der Waals surface area contributed by atoms with Gasteiger partial charge in [-0.1, -0.05) is 136 Å². The lowest BCUT2D eigenvalue weighted by molar-refractivity contribution is 0.420. The van der Waals surface area contributed by atoms with E-state index in [1.807, 2.05) is 0 Å². The van der Waals surface area contributed by atoms with Gasteiger partial charge in [0, 0.05) is 45.0 Å². The lowest BCUT2D eigenvalue weighted by Gasteiger charge is -2.36. The second-order valence-corrected chi connectivity index (χ2v) is 18.5. The Morgan fingerprint density at radius 2 is 1.02 bits per heavy atom. The molecule has 2 saturated carbocycles. The molecule has 2 nitrogen and oxygen atoms in total. The Labute approximate surface area is 356 Å². The topological polar surface area (TPSA) is 6.48 Å². The highest BCUT2D eigenvalue weighted by Gasteiger charge is 2.40. The van der Waals surface area contributed by atoms with Crippen molar-refractivity contribution in [2.75, 3.05) is 9.80 Å². The number of rotatable bonds is 9. The van der Waals surface area contributed by atoms with Crippen LogP contribution in [0.4, 0.5) is 34.1 Å². The summed E-state index contributed by atoms with van der Waals surface area (Å²) >= 11 is 0. The van der Waals surface area contributed by atoms with Gasteiger partial charge in [-0.3, -0.25) is 0 Å². The van der Waals surface area contributed by atoms with E-state index in [1.165, 1.54) is 87.4 Å². The van der Waals surface area contributed by atoms with Crippen LogP contribution in [0.2, 0.25) is 0 Å². The molecule has 2 heteroatoms. The van der Waals surface area contributed by atoms with Gasteiger partial charge < -0.3 is 9.80 Å². The van der Waals surface area contributed by atoms with Gasteiger partial charge in [0.15, 0.2) is 0 Å². The van der Waals surface area contributed by atoms with Gasteiger partial charge in [-0.2, -0.15) is 0 Å². The molecule has 2 bridgehead atoms. The van der Waals surface area contributed by atoms with Crippen LogP contribution in [0.25, 0.3) is 11.1 Å². The fraction of sp³-hybridized carbons (Fsp3) is 0.241. The van der Waals surface area contributed by atoms with Crippen molar-refractivity contribution >= 4 is 34.1 Å². The first-order valence-corrected chi connectivity index (χ1v) is 22.4. The van der Waals surface area contributed by atoms with E-state index in [2.05, 4.69) is 212 Å². The summed E-state index contributed by atoms with van der Waals surface area (Å²) in [6, 6.07) is 66.1. The van der Waals surface area contributed by atoms with E-state index in [1.54, 1.807) is 0 Å². The predicted octanol–water partition coefficient (Wildman–Crippen LogP) is 15.9. The summed E-state index contributed by atoms with van der Waals surface area (Å²) in [6.45, 7) is 4.73. The Morgan fingerprint density at radius 3 is 1.58 bits per heavy atom. The van der Waals surface area contributed by atoms with Crippen LogP contribution in [0.3, 0.4) is 0 Å². The number of hydrogen-bond acceptors (Lipinski definition) is 2. The number of fused-ring (bicyclic) bond motifs is 5. The van der Waals surface area contributed by atoms with Gasteiger partial charge in [0.1, 0.15) is 0 Å². The standard InChI is InChI=1S/C58H54N2/c1-57(2)55-19-11-10-18-52(55)53-35-34-51(40-56(53)57)60(47-16-8-4-9-17-47)50-32-26-45(27-33-50)58(36-12-5-13-37-58)44-24-30-49(31-25-44)59(46-14-6-3-7-15-46)48-28-22-42(23-29-48)54-39-41-20-21-43(54)38-41/h3-4,6-12,14-19,22-36,40-41,43,54H,5,13,20-21,37-39H2,1-2H3. The molecule has 11 rings (SSSR count). The maximum absolute atomic E-state index is 2.49. The first kappa shape index (κ1) is 36.9. The second-order valence-electron chi connectivity index (χ2n) is 18.5. The van der Waals surface area contributed by atoms with Crippen LogP contribution in [-0.2, 0) is 10.8 Å². The van der Waals surface area contributed by atoms with E-state index >= 15 is 0 Å². The molecule has 0 aliphatic heterocycles. The first-order valence-electron chi connectivity index (χ1n) is 22.4. The minimum absolute atomic E-state index is 0.0686. The summed E-state index contributed by atoms with van der Waals surface area (Å²) in [5.74, 6) is 2.57. The minimum Gasteiger partial charge on any atom is -0.311 e. The average Bonchev–Trinajstić information content (AvgIpc) is 4.01. The van der Waals surface area contributed by atoms with Gasteiger partial charge in [0.25, 0.3) is 0 Å². The van der Waals surface area contributed by atoms with Gasteiger partial charge in [0.05, 0.1) is 0 Å². The molecule has 0 saturated heterocycles. The molecule has 2 fully saturated rings. The van der Waals surface area contributed by atoms with Crippen LogP contribution >= 0.6 is 0 Å². The molecule has 0 amide bonds. The van der Waals surface area contributed by atoms with Crippen LogP contribution in [0, 0.1) is 11.8 Å². The quantitative estimate of drug-likeness (QED) is 0.135. The molecule has 4 aliphatic carbocycles. The third-order valence-electron chi connectivity index (χ3n) is 14.8. The van der Waals surface area contributed by atoms with Crippen molar-refractivity contribution in [3.05, 3.63) is 216 Å². The number of benzene rings is 7. The van der Waals surface area contributed by atoms with Crippen molar-refractivity contribution < 1.29 is 0 Å². The number of nitrogens with zero attached hydrogens (tertiary/aromatic N) is 2. The van der Waals surface area contributed by atoms with E-state index < -0.39 is 0 Å². The molecule has 4 atom stereocenters. The van der Waals surface area contributed by atoms with Crippen molar-refractivity contribution in [3.63, 3.8) is 0 Å².